The number of aryl methyl sites for hydroxylation is 2. The third-order valence-electron chi connectivity index (χ3n) is 6.15. The highest BCUT2D eigenvalue weighted by Crippen LogP contribution is 2.47. The molecule has 7 nitrogen and oxygen atoms in total. The zero-order chi connectivity index (χ0) is 17.5. The van der Waals surface area contributed by atoms with E-state index in [4.69, 9.17) is 14.5 Å². The Morgan fingerprint density at radius 1 is 1.32 bits per heavy atom. The highest BCUT2D eigenvalue weighted by molar-refractivity contribution is 5.79. The number of aliphatic hydroxyl groups is 1. The molecule has 7 heteroatoms. The molecule has 0 bridgehead atoms. The SMILES string of the molecule is COC(=O)C1(C2(O)CCN(c3ncc4c(n3)CCC4)C2)CCOCC1. The number of carbonyl (C=O) groups is 1. The standard InChI is InChI=1S/C18H25N3O4/c1-24-15(22)17(6-9-25-10-7-17)18(23)5-8-21(12-18)16-19-11-13-3-2-4-14(13)20-16/h11,23H,2-10,12H2,1H3. The quantitative estimate of drug-likeness (QED) is 0.812. The van der Waals surface area contributed by atoms with Gasteiger partial charge in [0.2, 0.25) is 5.95 Å². The Hall–Kier alpha value is -1.73. The first-order valence-electron chi connectivity index (χ1n) is 9.06. The Bertz CT molecular complexity index is 674. The highest BCUT2D eigenvalue weighted by Gasteiger charge is 2.59. The fraction of sp³-hybridized carbons (Fsp3) is 0.722. The monoisotopic (exact) mass is 347 g/mol. The van der Waals surface area contributed by atoms with Gasteiger partial charge in [-0.05, 0) is 44.1 Å². The van der Waals surface area contributed by atoms with Crippen molar-refractivity contribution < 1.29 is 19.4 Å². The molecule has 1 unspecified atom stereocenters. The molecule has 1 aromatic rings. The molecule has 1 atom stereocenters. The Kier molecular flexibility index (Phi) is 4.16. The lowest BCUT2D eigenvalue weighted by molar-refractivity contribution is -0.183. The molecule has 2 saturated heterocycles. The third-order valence-corrected chi connectivity index (χ3v) is 6.15. The van der Waals surface area contributed by atoms with Crippen LogP contribution in [0.4, 0.5) is 5.95 Å². The summed E-state index contributed by atoms with van der Waals surface area (Å²) in [7, 11) is 1.39. The molecule has 2 fully saturated rings. The number of hydrogen-bond donors (Lipinski definition) is 1. The van der Waals surface area contributed by atoms with Crippen LogP contribution >= 0.6 is 0 Å². The molecule has 0 radical (unpaired) electrons. The molecule has 136 valence electrons. The van der Waals surface area contributed by atoms with Gasteiger partial charge >= 0.3 is 5.97 Å². The largest absolute Gasteiger partial charge is 0.469 e. The molecule has 1 N–H and O–H groups in total. The number of hydrogen-bond acceptors (Lipinski definition) is 7. The molecule has 2 aliphatic heterocycles. The average Bonchev–Trinajstić information content (AvgIpc) is 3.28. The van der Waals surface area contributed by atoms with E-state index >= 15 is 0 Å². The summed E-state index contributed by atoms with van der Waals surface area (Å²) in [5.41, 5.74) is 0.292. The highest BCUT2D eigenvalue weighted by atomic mass is 16.5. The number of carbonyl (C=O) groups excluding carboxylic acids is 1. The number of aromatic nitrogens is 2. The van der Waals surface area contributed by atoms with Crippen molar-refractivity contribution in [2.45, 2.75) is 44.1 Å². The van der Waals surface area contributed by atoms with Crippen molar-refractivity contribution >= 4 is 11.9 Å². The van der Waals surface area contributed by atoms with Crippen LogP contribution in [-0.2, 0) is 27.1 Å². The fourth-order valence-corrected chi connectivity index (χ4v) is 4.59. The van der Waals surface area contributed by atoms with Crippen molar-refractivity contribution in [2.75, 3.05) is 38.3 Å². The molecule has 0 spiro atoms. The van der Waals surface area contributed by atoms with E-state index in [0.29, 0.717) is 51.5 Å². The molecule has 3 heterocycles. The minimum atomic E-state index is -1.15. The Balaban J connectivity index is 1.60. The maximum absolute atomic E-state index is 12.6. The van der Waals surface area contributed by atoms with Gasteiger partial charge in [-0.25, -0.2) is 9.97 Å². The van der Waals surface area contributed by atoms with Crippen LogP contribution in [0.2, 0.25) is 0 Å². The van der Waals surface area contributed by atoms with Gasteiger partial charge in [0.1, 0.15) is 11.0 Å². The van der Waals surface area contributed by atoms with E-state index in [-0.39, 0.29) is 5.97 Å². The summed E-state index contributed by atoms with van der Waals surface area (Å²) < 4.78 is 10.5. The van der Waals surface area contributed by atoms with Crippen molar-refractivity contribution in [2.24, 2.45) is 5.41 Å². The lowest BCUT2D eigenvalue weighted by Gasteiger charge is -2.44. The lowest BCUT2D eigenvalue weighted by atomic mass is 9.66. The summed E-state index contributed by atoms with van der Waals surface area (Å²) in [4.78, 5) is 23.8. The maximum Gasteiger partial charge on any atom is 0.314 e. The summed E-state index contributed by atoms with van der Waals surface area (Å²) >= 11 is 0. The number of β-amino-alcohol motifs (C(OH)–C–C–N with tert-alkyl or cyclic N) is 1. The number of anilines is 1. The van der Waals surface area contributed by atoms with E-state index in [9.17, 15) is 9.90 Å². The Morgan fingerprint density at radius 3 is 2.88 bits per heavy atom. The molecule has 1 aromatic heterocycles. The minimum Gasteiger partial charge on any atom is -0.469 e. The number of esters is 1. The summed E-state index contributed by atoms with van der Waals surface area (Å²) in [5.74, 6) is 0.318. The minimum absolute atomic E-state index is 0.338. The van der Waals surface area contributed by atoms with Gasteiger partial charge < -0.3 is 19.5 Å². The van der Waals surface area contributed by atoms with E-state index in [1.807, 2.05) is 11.1 Å². The summed E-state index contributed by atoms with van der Waals surface area (Å²) in [5, 5.41) is 11.4. The van der Waals surface area contributed by atoms with Gasteiger partial charge in [0.25, 0.3) is 0 Å². The zero-order valence-corrected chi connectivity index (χ0v) is 14.7. The van der Waals surface area contributed by atoms with Crippen LogP contribution in [0.1, 0.15) is 36.9 Å². The second-order valence-electron chi connectivity index (χ2n) is 7.38. The smallest absolute Gasteiger partial charge is 0.314 e. The van der Waals surface area contributed by atoms with Crippen LogP contribution < -0.4 is 4.90 Å². The van der Waals surface area contributed by atoms with Crippen LogP contribution in [0.25, 0.3) is 0 Å². The van der Waals surface area contributed by atoms with E-state index in [1.54, 1.807) is 0 Å². The van der Waals surface area contributed by atoms with Crippen molar-refractivity contribution in [3.05, 3.63) is 17.5 Å². The van der Waals surface area contributed by atoms with E-state index < -0.39 is 11.0 Å². The van der Waals surface area contributed by atoms with E-state index in [1.165, 1.54) is 12.7 Å². The molecule has 0 amide bonds. The zero-order valence-electron chi connectivity index (χ0n) is 14.7. The maximum atomic E-state index is 12.6. The first-order chi connectivity index (χ1) is 12.1. The second-order valence-corrected chi connectivity index (χ2v) is 7.38. The fourth-order valence-electron chi connectivity index (χ4n) is 4.59. The van der Waals surface area contributed by atoms with Crippen LogP contribution in [0.3, 0.4) is 0 Å². The number of methoxy groups -OCH3 is 1. The first-order valence-corrected chi connectivity index (χ1v) is 9.06. The first kappa shape index (κ1) is 16.7. The molecule has 25 heavy (non-hydrogen) atoms. The molecule has 1 aliphatic carbocycles. The van der Waals surface area contributed by atoms with Crippen molar-refractivity contribution in [1.82, 2.24) is 9.97 Å². The van der Waals surface area contributed by atoms with E-state index in [0.717, 1.165) is 25.0 Å². The predicted molar refractivity (Wildman–Crippen MR) is 90.3 cm³/mol. The lowest BCUT2D eigenvalue weighted by Crippen LogP contribution is -2.57. The molecular formula is C18H25N3O4. The predicted octanol–water partition coefficient (Wildman–Crippen LogP) is 0.876. The number of ether oxygens (including phenoxy) is 2. The van der Waals surface area contributed by atoms with Crippen LogP contribution in [0, 0.1) is 5.41 Å². The van der Waals surface area contributed by atoms with Gasteiger partial charge in [-0.2, -0.15) is 0 Å². The summed E-state index contributed by atoms with van der Waals surface area (Å²) in [6.07, 6.45) is 6.54. The summed E-state index contributed by atoms with van der Waals surface area (Å²) in [6, 6.07) is 0. The molecule has 0 saturated carbocycles. The third kappa shape index (κ3) is 2.60. The number of nitrogens with zero attached hydrogens (tertiary/aromatic N) is 3. The molecular weight excluding hydrogens is 322 g/mol. The van der Waals surface area contributed by atoms with Crippen molar-refractivity contribution in [3.63, 3.8) is 0 Å². The number of rotatable bonds is 3. The molecule has 3 aliphatic rings. The second kappa shape index (κ2) is 6.21. The molecule has 4 rings (SSSR count). The normalized spacial score (nSPS) is 28.0. The van der Waals surface area contributed by atoms with Gasteiger partial charge in [-0.15, -0.1) is 0 Å². The van der Waals surface area contributed by atoms with Gasteiger partial charge in [-0.1, -0.05) is 0 Å². The average molecular weight is 347 g/mol. The Morgan fingerprint density at radius 2 is 2.12 bits per heavy atom. The number of fused-ring (bicyclic) bond motifs is 1. The van der Waals surface area contributed by atoms with Gasteiger partial charge in [0.05, 0.1) is 13.7 Å². The van der Waals surface area contributed by atoms with Crippen molar-refractivity contribution in [1.29, 1.82) is 0 Å². The van der Waals surface area contributed by atoms with Crippen LogP contribution in [0.15, 0.2) is 6.20 Å². The van der Waals surface area contributed by atoms with Crippen molar-refractivity contribution in [3.8, 4) is 0 Å². The van der Waals surface area contributed by atoms with Gasteiger partial charge in [0.15, 0.2) is 0 Å². The van der Waals surface area contributed by atoms with Crippen LogP contribution in [0.5, 0.6) is 0 Å². The Labute approximate surface area is 147 Å². The van der Waals surface area contributed by atoms with Gasteiger partial charge in [0, 0.05) is 31.6 Å². The summed E-state index contributed by atoms with van der Waals surface area (Å²) in [6.45, 7) is 1.91. The van der Waals surface area contributed by atoms with Gasteiger partial charge in [-0.3, -0.25) is 4.79 Å². The molecule has 0 aromatic carbocycles. The van der Waals surface area contributed by atoms with Crippen LogP contribution in [-0.4, -0.2) is 60.1 Å². The topological polar surface area (TPSA) is 84.8 Å². The van der Waals surface area contributed by atoms with E-state index in [2.05, 4.69) is 4.98 Å².